The quantitative estimate of drug-likeness (QED) is 0.202. The van der Waals surface area contributed by atoms with E-state index in [0.29, 0.717) is 21.6 Å². The number of carbonyl (C=O) groups is 2. The van der Waals surface area contributed by atoms with Crippen LogP contribution in [0.25, 0.3) is 22.1 Å². The van der Waals surface area contributed by atoms with E-state index in [4.69, 9.17) is 9.15 Å². The molecule has 2 aromatic heterocycles. The van der Waals surface area contributed by atoms with E-state index in [9.17, 15) is 22.8 Å². The van der Waals surface area contributed by atoms with Crippen molar-refractivity contribution in [3.05, 3.63) is 76.2 Å². The third kappa shape index (κ3) is 5.92. The topological polar surface area (TPSA) is 65.7 Å². The van der Waals surface area contributed by atoms with Crippen molar-refractivity contribution in [3.8, 4) is 16.9 Å². The summed E-state index contributed by atoms with van der Waals surface area (Å²) in [6, 6.07) is 14.0. The average Bonchev–Trinajstić information content (AvgIpc) is 3.36. The average molecular weight is 503 g/mol. The van der Waals surface area contributed by atoms with Crippen LogP contribution in [0.4, 0.5) is 13.2 Å². The molecule has 0 bridgehead atoms. The number of benzene rings is 2. The second-order valence-electron chi connectivity index (χ2n) is 8.77. The van der Waals surface area contributed by atoms with Crippen molar-refractivity contribution in [1.82, 2.24) is 0 Å². The van der Waals surface area contributed by atoms with Crippen LogP contribution < -0.4 is 4.74 Å². The zero-order valence-corrected chi connectivity index (χ0v) is 19.9. The lowest BCUT2D eigenvalue weighted by atomic mass is 10.0. The lowest BCUT2D eigenvalue weighted by Gasteiger charge is -2.20. The summed E-state index contributed by atoms with van der Waals surface area (Å²) in [6.07, 6.45) is -4.91. The van der Waals surface area contributed by atoms with Crippen molar-refractivity contribution in [2.75, 3.05) is 0 Å². The zero-order chi connectivity index (χ0) is 25.4. The second kappa shape index (κ2) is 9.22. The molecule has 5 nitrogen and oxygen atoms in total. The number of halogens is 3. The van der Waals surface area contributed by atoms with Gasteiger partial charge in [0.25, 0.3) is 0 Å². The third-order valence-electron chi connectivity index (χ3n) is 4.89. The monoisotopic (exact) mass is 502 g/mol. The van der Waals surface area contributed by atoms with E-state index >= 15 is 0 Å². The predicted molar refractivity (Wildman–Crippen MR) is 126 cm³/mol. The number of hydrogen-bond acceptors (Lipinski definition) is 6. The molecule has 4 aromatic rings. The maximum absolute atomic E-state index is 13.1. The van der Waals surface area contributed by atoms with Crippen molar-refractivity contribution in [3.63, 3.8) is 0 Å². The highest BCUT2D eigenvalue weighted by Gasteiger charge is 2.31. The number of esters is 1. The summed E-state index contributed by atoms with van der Waals surface area (Å²) in [5.74, 6) is -1.15. The normalized spacial score (nSPS) is 12.1. The smallest absolute Gasteiger partial charge is 0.456 e. The molecule has 0 amide bonds. The van der Waals surface area contributed by atoms with Crippen LogP contribution in [0.1, 0.15) is 46.6 Å². The van der Waals surface area contributed by atoms with Gasteiger partial charge in [-0.3, -0.25) is 4.79 Å². The highest BCUT2D eigenvalue weighted by atomic mass is 32.1. The number of furan rings is 1. The first-order valence-corrected chi connectivity index (χ1v) is 11.5. The molecule has 4 rings (SSSR count). The van der Waals surface area contributed by atoms with Gasteiger partial charge in [-0.25, -0.2) is 4.79 Å². The van der Waals surface area contributed by atoms with Gasteiger partial charge in [0.05, 0.1) is 5.56 Å². The molecule has 0 radical (unpaired) electrons. The van der Waals surface area contributed by atoms with E-state index in [1.165, 1.54) is 35.6 Å². The van der Waals surface area contributed by atoms with Crippen molar-refractivity contribution in [2.45, 2.75) is 39.2 Å². The van der Waals surface area contributed by atoms with Crippen molar-refractivity contribution in [2.24, 2.45) is 0 Å². The minimum absolute atomic E-state index is 0.103. The first-order valence-electron chi connectivity index (χ1n) is 10.6. The van der Waals surface area contributed by atoms with Gasteiger partial charge < -0.3 is 13.9 Å². The molecule has 0 aliphatic carbocycles. The van der Waals surface area contributed by atoms with Crippen LogP contribution >= 0.6 is 11.3 Å². The molecule has 2 heterocycles. The molecule has 0 aliphatic heterocycles. The van der Waals surface area contributed by atoms with Crippen LogP contribution in [0.5, 0.6) is 5.75 Å². The molecular formula is C26H21F3O5S. The number of ketones is 1. The second-order valence-corrected chi connectivity index (χ2v) is 9.73. The third-order valence-corrected chi connectivity index (χ3v) is 5.88. The molecular weight excluding hydrogens is 481 g/mol. The Labute approximate surface area is 203 Å². The van der Waals surface area contributed by atoms with E-state index in [1.807, 2.05) is 12.1 Å². The largest absolute Gasteiger partial charge is 0.573 e. The summed E-state index contributed by atoms with van der Waals surface area (Å²) >= 11 is 1.19. The molecule has 0 N–H and O–H groups in total. The Bertz CT molecular complexity index is 1340. The van der Waals surface area contributed by atoms with Gasteiger partial charge in [0.15, 0.2) is 5.76 Å². The first-order chi connectivity index (χ1) is 16.4. The number of para-hydroxylation sites is 1. The molecule has 0 saturated heterocycles. The van der Waals surface area contributed by atoms with E-state index in [0.717, 1.165) is 5.39 Å². The Morgan fingerprint density at radius 3 is 2.31 bits per heavy atom. The lowest BCUT2D eigenvalue weighted by Crippen LogP contribution is -2.24. The van der Waals surface area contributed by atoms with E-state index in [-0.39, 0.29) is 29.3 Å². The van der Waals surface area contributed by atoms with E-state index in [2.05, 4.69) is 4.74 Å². The molecule has 0 spiro atoms. The zero-order valence-electron chi connectivity index (χ0n) is 19.1. The van der Waals surface area contributed by atoms with Gasteiger partial charge in [0.1, 0.15) is 16.9 Å². The molecule has 182 valence electrons. The fraction of sp³-hybridized carbons (Fsp3) is 0.231. The maximum atomic E-state index is 13.1. The highest BCUT2D eigenvalue weighted by Crippen LogP contribution is 2.36. The molecule has 0 fully saturated rings. The van der Waals surface area contributed by atoms with Crippen LogP contribution in [-0.4, -0.2) is 23.7 Å². The predicted octanol–water partition coefficient (Wildman–Crippen LogP) is 7.44. The fourth-order valence-electron chi connectivity index (χ4n) is 3.48. The molecule has 2 aromatic carbocycles. The van der Waals surface area contributed by atoms with Gasteiger partial charge in [-0.05, 0) is 56.0 Å². The number of carbonyl (C=O) groups excluding carboxylic acids is 2. The molecule has 35 heavy (non-hydrogen) atoms. The number of alkyl halides is 3. The van der Waals surface area contributed by atoms with Crippen LogP contribution in [0.2, 0.25) is 0 Å². The minimum atomic E-state index is -4.81. The Hall–Kier alpha value is -3.59. The number of rotatable bonds is 6. The molecule has 0 aliphatic rings. The van der Waals surface area contributed by atoms with E-state index in [1.54, 1.807) is 44.4 Å². The molecule has 0 atom stereocenters. The number of Topliss-reactive ketones (excluding diaryl/α,β-unsaturated/α-hetero) is 1. The number of ether oxygens (including phenoxy) is 2. The number of hydrogen-bond donors (Lipinski definition) is 0. The van der Waals surface area contributed by atoms with Gasteiger partial charge in [0, 0.05) is 22.2 Å². The number of thiophene rings is 1. The van der Waals surface area contributed by atoms with Crippen LogP contribution in [0, 0.1) is 0 Å². The fourth-order valence-corrected chi connectivity index (χ4v) is 4.52. The summed E-state index contributed by atoms with van der Waals surface area (Å²) in [7, 11) is 0. The Balaban J connectivity index is 1.68. The van der Waals surface area contributed by atoms with Gasteiger partial charge in [0.2, 0.25) is 5.78 Å². The standard InChI is InChI=1S/C26H21F3O5S/c1-25(2,3)34-24(31)23-18(15-8-10-17(11-9-15)33-26(27,28)29)14-35-22(23)13-19(30)21-12-16-6-4-5-7-20(16)32-21/h4-12,14H,13H2,1-3H3. The molecule has 9 heteroatoms. The summed E-state index contributed by atoms with van der Waals surface area (Å²) in [5.41, 5.74) is 0.921. The molecule has 0 saturated carbocycles. The minimum Gasteiger partial charge on any atom is -0.456 e. The Kier molecular flexibility index (Phi) is 6.46. The van der Waals surface area contributed by atoms with Crippen LogP contribution in [0.3, 0.4) is 0 Å². The SMILES string of the molecule is CC(C)(C)OC(=O)c1c(-c2ccc(OC(F)(F)F)cc2)csc1CC(=O)c1cc2ccccc2o1. The van der Waals surface area contributed by atoms with Crippen molar-refractivity contribution < 1.29 is 36.7 Å². The highest BCUT2D eigenvalue weighted by molar-refractivity contribution is 7.11. The van der Waals surface area contributed by atoms with Crippen molar-refractivity contribution in [1.29, 1.82) is 0 Å². The summed E-state index contributed by atoms with van der Waals surface area (Å²) in [5, 5.41) is 2.47. The lowest BCUT2D eigenvalue weighted by molar-refractivity contribution is -0.274. The van der Waals surface area contributed by atoms with Crippen LogP contribution in [-0.2, 0) is 11.2 Å². The van der Waals surface area contributed by atoms with Gasteiger partial charge in [-0.15, -0.1) is 24.5 Å². The summed E-state index contributed by atoms with van der Waals surface area (Å²) in [6.45, 7) is 5.17. The van der Waals surface area contributed by atoms with Gasteiger partial charge >= 0.3 is 12.3 Å². The van der Waals surface area contributed by atoms with Gasteiger partial charge in [-0.2, -0.15) is 0 Å². The number of fused-ring (bicyclic) bond motifs is 1. The maximum Gasteiger partial charge on any atom is 0.573 e. The van der Waals surface area contributed by atoms with Gasteiger partial charge in [-0.1, -0.05) is 30.3 Å². The van der Waals surface area contributed by atoms with Crippen molar-refractivity contribution >= 4 is 34.1 Å². The van der Waals surface area contributed by atoms with Crippen LogP contribution in [0.15, 0.2) is 64.4 Å². The Morgan fingerprint density at radius 2 is 1.69 bits per heavy atom. The Morgan fingerprint density at radius 1 is 1.00 bits per heavy atom. The van der Waals surface area contributed by atoms with E-state index < -0.39 is 17.9 Å². The summed E-state index contributed by atoms with van der Waals surface area (Å²) in [4.78, 5) is 26.6. The first kappa shape index (κ1) is 24.5. The molecule has 0 unspecified atom stereocenters. The summed E-state index contributed by atoms with van der Waals surface area (Å²) < 4.78 is 52.7.